The van der Waals surface area contributed by atoms with Gasteiger partial charge < -0.3 is 14.6 Å². The zero-order valence-corrected chi connectivity index (χ0v) is 23.9. The molecule has 4 aromatic rings. The molecule has 1 fully saturated rings. The molecule has 8 nitrogen and oxygen atoms in total. The normalized spacial score (nSPS) is 16.0. The Morgan fingerprint density at radius 2 is 1.85 bits per heavy atom. The standard InChI is InChI=1S/C33H36N4O4/c1-21-7-10-30(27(17-21)28-5-4-6-29(34-28)32-22(2)31(33(38)39)35-36(32)3)41-20-23-8-9-25-19-37(14-11-24(25)18-23)26-12-15-40-16-13-26/h4-10,17-18,26H,11-16,19-20H2,1-3H3,(H,38,39). The molecule has 2 aromatic heterocycles. The Kier molecular flexibility index (Phi) is 7.60. The number of hydrogen-bond donors (Lipinski definition) is 1. The Morgan fingerprint density at radius 1 is 1.05 bits per heavy atom. The summed E-state index contributed by atoms with van der Waals surface area (Å²) in [4.78, 5) is 19.2. The molecule has 0 atom stereocenters. The van der Waals surface area contributed by atoms with E-state index in [1.165, 1.54) is 11.1 Å². The molecule has 0 aliphatic carbocycles. The Hall–Kier alpha value is -4.01. The zero-order valence-electron chi connectivity index (χ0n) is 23.9. The van der Waals surface area contributed by atoms with E-state index < -0.39 is 5.97 Å². The number of ether oxygens (including phenoxy) is 2. The first kappa shape index (κ1) is 27.2. The number of pyridine rings is 1. The van der Waals surface area contributed by atoms with Crippen LogP contribution in [0.15, 0.2) is 54.6 Å². The van der Waals surface area contributed by atoms with E-state index in [1.54, 1.807) is 18.7 Å². The summed E-state index contributed by atoms with van der Waals surface area (Å²) in [7, 11) is 1.74. The van der Waals surface area contributed by atoms with Gasteiger partial charge in [0.15, 0.2) is 5.69 Å². The van der Waals surface area contributed by atoms with Gasteiger partial charge >= 0.3 is 5.97 Å². The molecule has 1 N–H and O–H groups in total. The van der Waals surface area contributed by atoms with Crippen molar-refractivity contribution in [3.8, 4) is 28.4 Å². The predicted molar refractivity (Wildman–Crippen MR) is 157 cm³/mol. The Balaban J connectivity index is 1.22. The number of aryl methyl sites for hydroxylation is 2. The zero-order chi connectivity index (χ0) is 28.5. The van der Waals surface area contributed by atoms with Crippen molar-refractivity contribution >= 4 is 5.97 Å². The highest BCUT2D eigenvalue weighted by Crippen LogP contribution is 2.33. The van der Waals surface area contributed by atoms with Gasteiger partial charge in [-0.3, -0.25) is 9.58 Å². The first-order chi connectivity index (χ1) is 19.9. The molecule has 4 heterocycles. The Labute approximate surface area is 240 Å². The topological polar surface area (TPSA) is 89.7 Å². The van der Waals surface area contributed by atoms with E-state index in [0.29, 0.717) is 29.6 Å². The van der Waals surface area contributed by atoms with Crippen molar-refractivity contribution in [2.75, 3.05) is 19.8 Å². The number of benzene rings is 2. The molecule has 8 heteroatoms. The van der Waals surface area contributed by atoms with Gasteiger partial charge in [0.05, 0.1) is 17.1 Å². The number of carbonyl (C=O) groups is 1. The third kappa shape index (κ3) is 5.62. The molecule has 2 aromatic carbocycles. The molecule has 0 saturated carbocycles. The highest BCUT2D eigenvalue weighted by Gasteiger charge is 2.25. The minimum Gasteiger partial charge on any atom is -0.488 e. The second-order valence-electron chi connectivity index (χ2n) is 11.1. The van der Waals surface area contributed by atoms with Gasteiger partial charge in [0.1, 0.15) is 12.4 Å². The quantitative estimate of drug-likeness (QED) is 0.320. The summed E-state index contributed by atoms with van der Waals surface area (Å²) in [5.41, 5.74) is 8.73. The van der Waals surface area contributed by atoms with Crippen LogP contribution in [0.25, 0.3) is 22.6 Å². The molecule has 0 bridgehead atoms. The highest BCUT2D eigenvalue weighted by atomic mass is 16.5. The van der Waals surface area contributed by atoms with Crippen molar-refractivity contribution in [2.24, 2.45) is 7.05 Å². The highest BCUT2D eigenvalue weighted by molar-refractivity contribution is 5.89. The number of rotatable bonds is 7. The number of nitrogens with zero attached hydrogens (tertiary/aromatic N) is 4. The van der Waals surface area contributed by atoms with Gasteiger partial charge in [-0.05, 0) is 74.1 Å². The lowest BCUT2D eigenvalue weighted by Gasteiger charge is -2.37. The molecule has 0 unspecified atom stereocenters. The van der Waals surface area contributed by atoms with E-state index in [-0.39, 0.29) is 5.69 Å². The number of carboxylic acid groups (broad SMARTS) is 1. The van der Waals surface area contributed by atoms with E-state index in [1.807, 2.05) is 30.3 Å². The van der Waals surface area contributed by atoms with Gasteiger partial charge in [-0.15, -0.1) is 0 Å². The first-order valence-corrected chi connectivity index (χ1v) is 14.3. The summed E-state index contributed by atoms with van der Waals surface area (Å²) >= 11 is 0. The van der Waals surface area contributed by atoms with Crippen molar-refractivity contribution in [1.29, 1.82) is 0 Å². The van der Waals surface area contributed by atoms with Gasteiger partial charge in [-0.1, -0.05) is 35.9 Å². The smallest absolute Gasteiger partial charge is 0.356 e. The van der Waals surface area contributed by atoms with Crippen LogP contribution in [0.3, 0.4) is 0 Å². The second kappa shape index (κ2) is 11.5. The lowest BCUT2D eigenvalue weighted by atomic mass is 9.95. The van der Waals surface area contributed by atoms with Crippen molar-refractivity contribution in [2.45, 2.75) is 52.3 Å². The van der Waals surface area contributed by atoms with E-state index in [4.69, 9.17) is 14.5 Å². The number of hydrogen-bond acceptors (Lipinski definition) is 6. The van der Waals surface area contributed by atoms with Crippen LogP contribution in [-0.2, 0) is 31.4 Å². The molecule has 6 rings (SSSR count). The molecular formula is C33H36N4O4. The minimum absolute atomic E-state index is 0.0376. The molecule has 0 amide bonds. The van der Waals surface area contributed by atoms with E-state index in [0.717, 1.165) is 73.7 Å². The fourth-order valence-electron chi connectivity index (χ4n) is 6.12. The minimum atomic E-state index is -1.05. The fourth-order valence-corrected chi connectivity index (χ4v) is 6.12. The lowest BCUT2D eigenvalue weighted by Crippen LogP contribution is -2.42. The maximum Gasteiger partial charge on any atom is 0.356 e. The largest absolute Gasteiger partial charge is 0.488 e. The molecular weight excluding hydrogens is 516 g/mol. The number of aromatic carboxylic acids is 1. The van der Waals surface area contributed by atoms with E-state index in [9.17, 15) is 9.90 Å². The summed E-state index contributed by atoms with van der Waals surface area (Å²) < 4.78 is 13.5. The van der Waals surface area contributed by atoms with Crippen LogP contribution in [0, 0.1) is 13.8 Å². The van der Waals surface area contributed by atoms with Crippen molar-refractivity contribution < 1.29 is 19.4 Å². The van der Waals surface area contributed by atoms with Crippen molar-refractivity contribution in [3.63, 3.8) is 0 Å². The van der Waals surface area contributed by atoms with Crippen LogP contribution in [0.1, 0.15) is 51.1 Å². The Morgan fingerprint density at radius 3 is 2.63 bits per heavy atom. The van der Waals surface area contributed by atoms with Crippen LogP contribution < -0.4 is 4.74 Å². The van der Waals surface area contributed by atoms with Crippen LogP contribution in [0.2, 0.25) is 0 Å². The van der Waals surface area contributed by atoms with Gasteiger partial charge in [-0.25, -0.2) is 9.78 Å². The van der Waals surface area contributed by atoms with Gasteiger partial charge in [0, 0.05) is 50.5 Å². The van der Waals surface area contributed by atoms with Gasteiger partial charge in [0.25, 0.3) is 0 Å². The van der Waals surface area contributed by atoms with E-state index >= 15 is 0 Å². The van der Waals surface area contributed by atoms with Crippen LogP contribution in [-0.4, -0.2) is 56.5 Å². The molecule has 1 saturated heterocycles. The van der Waals surface area contributed by atoms with Crippen LogP contribution in [0.4, 0.5) is 0 Å². The molecule has 212 valence electrons. The summed E-state index contributed by atoms with van der Waals surface area (Å²) in [5, 5.41) is 13.7. The van der Waals surface area contributed by atoms with Crippen LogP contribution in [0.5, 0.6) is 5.75 Å². The first-order valence-electron chi connectivity index (χ1n) is 14.3. The monoisotopic (exact) mass is 552 g/mol. The van der Waals surface area contributed by atoms with Crippen LogP contribution >= 0.6 is 0 Å². The number of aromatic nitrogens is 3. The number of fused-ring (bicyclic) bond motifs is 1. The molecule has 0 spiro atoms. The second-order valence-corrected chi connectivity index (χ2v) is 11.1. The summed E-state index contributed by atoms with van der Waals surface area (Å²) in [6.45, 7) is 8.14. The van der Waals surface area contributed by atoms with E-state index in [2.05, 4.69) is 41.2 Å². The summed E-state index contributed by atoms with van der Waals surface area (Å²) in [6, 6.07) is 19.3. The average Bonchev–Trinajstić information content (AvgIpc) is 3.30. The fraction of sp³-hybridized carbons (Fsp3) is 0.364. The Bertz CT molecular complexity index is 1590. The SMILES string of the molecule is Cc1ccc(OCc2ccc3c(c2)CCN(C2CCOCC2)C3)c(-c2cccc(-c3c(C)c(C(=O)O)nn3C)n2)c1. The maximum atomic E-state index is 11.6. The maximum absolute atomic E-state index is 11.6. The molecule has 0 radical (unpaired) electrons. The summed E-state index contributed by atoms with van der Waals surface area (Å²) in [6.07, 6.45) is 3.32. The van der Waals surface area contributed by atoms with Gasteiger partial charge in [-0.2, -0.15) is 5.10 Å². The van der Waals surface area contributed by atoms with Gasteiger partial charge in [0.2, 0.25) is 0 Å². The molecule has 2 aliphatic rings. The predicted octanol–water partition coefficient (Wildman–Crippen LogP) is 5.58. The number of carboxylic acids is 1. The summed E-state index contributed by atoms with van der Waals surface area (Å²) in [5.74, 6) is -0.287. The van der Waals surface area contributed by atoms with Crippen molar-refractivity contribution in [1.82, 2.24) is 19.7 Å². The third-order valence-corrected chi connectivity index (χ3v) is 8.30. The average molecular weight is 553 g/mol. The van der Waals surface area contributed by atoms with Crippen molar-refractivity contribution in [3.05, 3.63) is 88.1 Å². The molecule has 2 aliphatic heterocycles. The molecule has 41 heavy (non-hydrogen) atoms. The lowest BCUT2D eigenvalue weighted by molar-refractivity contribution is 0.0290. The third-order valence-electron chi connectivity index (χ3n) is 8.30.